The molecule has 0 saturated heterocycles. The van der Waals surface area contributed by atoms with Crippen LogP contribution in [0.25, 0.3) is 93.2 Å². The molecule has 1 aromatic heterocycles. The quantitative estimate of drug-likeness (QED) is 0.0988. The lowest BCUT2D eigenvalue weighted by Crippen LogP contribution is -2.16. The molecule has 0 radical (unpaired) electrons. The van der Waals surface area contributed by atoms with Gasteiger partial charge in [-0.1, -0.05) is 176 Å². The first kappa shape index (κ1) is 35.1. The highest BCUT2D eigenvalue weighted by Gasteiger charge is 2.17. The van der Waals surface area contributed by atoms with Crippen molar-refractivity contribution in [3.63, 3.8) is 0 Å². The Balaban J connectivity index is 1.06. The summed E-state index contributed by atoms with van der Waals surface area (Å²) in [6.07, 6.45) is 0. The van der Waals surface area contributed by atoms with Gasteiger partial charge in [0, 0.05) is 27.6 Å². The maximum atomic E-state index is 8.52. The predicted molar refractivity (Wildman–Crippen MR) is 254 cm³/mol. The number of nitrogens with two attached hydrogens (primary N) is 1. The van der Waals surface area contributed by atoms with Crippen LogP contribution in [0, 0.1) is 5.41 Å². The molecule has 0 aliphatic carbocycles. The number of benzene rings is 10. The smallest absolute Gasteiger partial charge is 0.154 e. The summed E-state index contributed by atoms with van der Waals surface area (Å²) in [7, 11) is 0. The molecule has 3 N–H and O–H groups in total. The van der Waals surface area contributed by atoms with Gasteiger partial charge in [0.05, 0.1) is 11.0 Å². The molecule has 0 aliphatic rings. The van der Waals surface area contributed by atoms with Crippen LogP contribution < -0.4 is 5.73 Å². The van der Waals surface area contributed by atoms with Gasteiger partial charge >= 0.3 is 0 Å². The van der Waals surface area contributed by atoms with E-state index < -0.39 is 0 Å². The first-order valence-corrected chi connectivity index (χ1v) is 20.2. The van der Waals surface area contributed by atoms with Crippen molar-refractivity contribution in [2.24, 2.45) is 10.7 Å². The molecule has 0 bridgehead atoms. The molecule has 0 amide bonds. The van der Waals surface area contributed by atoms with Gasteiger partial charge in [0.25, 0.3) is 0 Å². The van der Waals surface area contributed by atoms with E-state index in [0.717, 1.165) is 27.9 Å². The lowest BCUT2D eigenvalue weighted by atomic mass is 9.88. The zero-order valence-electron chi connectivity index (χ0n) is 32.7. The van der Waals surface area contributed by atoms with Crippen LogP contribution in [0.15, 0.2) is 217 Å². The van der Waals surface area contributed by atoms with Crippen molar-refractivity contribution in [3.8, 4) is 39.1 Å². The number of nitrogens with one attached hydrogen (secondary N) is 1. The molecule has 0 spiro atoms. The van der Waals surface area contributed by atoms with E-state index in [1.165, 1.54) is 76.4 Å². The second-order valence-corrected chi connectivity index (χ2v) is 15.3. The molecule has 4 heteroatoms. The number of rotatable bonds is 6. The summed E-state index contributed by atoms with van der Waals surface area (Å²) < 4.78 is 2.41. The van der Waals surface area contributed by atoms with E-state index in [9.17, 15) is 0 Å². The highest BCUT2D eigenvalue weighted by Crippen LogP contribution is 2.43. The van der Waals surface area contributed by atoms with Gasteiger partial charge < -0.3 is 10.3 Å². The van der Waals surface area contributed by atoms with Crippen LogP contribution in [0.2, 0.25) is 0 Å². The Labute approximate surface area is 347 Å². The van der Waals surface area contributed by atoms with Gasteiger partial charge in [0.1, 0.15) is 5.84 Å². The minimum atomic E-state index is 0.136. The number of hydrogen-bond acceptors (Lipinski definition) is 1. The molecule has 60 heavy (non-hydrogen) atoms. The SMILES string of the molecule is N=C(N=C(N)c1cccc(-c2ccc3c(c2)c2ccccc2c2cccc(-c4ccc5c6ccccc6n(-c6ccc(-c7ccccc7)cc6)c5c4)c23)c1)c1ccccc1. The first-order chi connectivity index (χ1) is 29.6. The van der Waals surface area contributed by atoms with Gasteiger partial charge in [-0.3, -0.25) is 5.41 Å². The molecule has 11 aromatic rings. The summed E-state index contributed by atoms with van der Waals surface area (Å²) in [6.45, 7) is 0. The Bertz CT molecular complexity index is 3490. The summed E-state index contributed by atoms with van der Waals surface area (Å²) in [6, 6.07) is 75.0. The van der Waals surface area contributed by atoms with Crippen LogP contribution in [-0.2, 0) is 0 Å². The Morgan fingerprint density at radius 3 is 1.72 bits per heavy atom. The molecule has 0 fully saturated rings. The normalized spacial score (nSPS) is 11.9. The van der Waals surface area contributed by atoms with Crippen LogP contribution in [0.3, 0.4) is 0 Å². The van der Waals surface area contributed by atoms with Crippen LogP contribution >= 0.6 is 0 Å². The maximum Gasteiger partial charge on any atom is 0.154 e. The maximum absolute atomic E-state index is 8.52. The van der Waals surface area contributed by atoms with Crippen LogP contribution in [0.5, 0.6) is 0 Å². The highest BCUT2D eigenvalue weighted by molar-refractivity contribution is 6.29. The molecule has 0 saturated carbocycles. The van der Waals surface area contributed by atoms with Crippen molar-refractivity contribution >= 4 is 65.8 Å². The summed E-state index contributed by atoms with van der Waals surface area (Å²) >= 11 is 0. The van der Waals surface area contributed by atoms with Gasteiger partial charge in [-0.2, -0.15) is 0 Å². The zero-order chi connectivity index (χ0) is 40.2. The third-order valence-corrected chi connectivity index (χ3v) is 11.8. The van der Waals surface area contributed by atoms with Crippen LogP contribution in [0.1, 0.15) is 11.1 Å². The molecule has 0 atom stereocenters. The fourth-order valence-corrected chi connectivity index (χ4v) is 8.98. The molecule has 0 aliphatic heterocycles. The zero-order valence-corrected chi connectivity index (χ0v) is 32.7. The number of fused-ring (bicyclic) bond motifs is 9. The van der Waals surface area contributed by atoms with Crippen LogP contribution in [-0.4, -0.2) is 16.2 Å². The summed E-state index contributed by atoms with van der Waals surface area (Å²) in [5, 5.41) is 18.3. The van der Waals surface area contributed by atoms with E-state index in [2.05, 4.69) is 179 Å². The van der Waals surface area contributed by atoms with Gasteiger partial charge in [0.15, 0.2) is 5.84 Å². The number of aliphatic imine (C=N–C) groups is 1. The predicted octanol–water partition coefficient (Wildman–Crippen LogP) is 14.0. The Morgan fingerprint density at radius 2 is 0.917 bits per heavy atom. The van der Waals surface area contributed by atoms with Gasteiger partial charge in [-0.25, -0.2) is 4.99 Å². The number of nitrogens with zero attached hydrogens (tertiary/aromatic N) is 2. The number of amidine groups is 2. The summed E-state index contributed by atoms with van der Waals surface area (Å²) in [4.78, 5) is 4.46. The second kappa shape index (κ2) is 14.4. The van der Waals surface area contributed by atoms with Gasteiger partial charge in [0.2, 0.25) is 0 Å². The monoisotopic (exact) mass is 766 g/mol. The van der Waals surface area contributed by atoms with Crippen molar-refractivity contribution < 1.29 is 0 Å². The first-order valence-electron chi connectivity index (χ1n) is 20.2. The lowest BCUT2D eigenvalue weighted by molar-refractivity contribution is 1.18. The van der Waals surface area contributed by atoms with E-state index in [1.807, 2.05) is 42.5 Å². The molecule has 4 nitrogen and oxygen atoms in total. The molecule has 10 aromatic carbocycles. The largest absolute Gasteiger partial charge is 0.383 e. The Morgan fingerprint density at radius 1 is 0.383 bits per heavy atom. The van der Waals surface area contributed by atoms with Crippen molar-refractivity contribution in [1.29, 1.82) is 5.41 Å². The van der Waals surface area contributed by atoms with Crippen molar-refractivity contribution in [3.05, 3.63) is 223 Å². The van der Waals surface area contributed by atoms with E-state index in [0.29, 0.717) is 5.84 Å². The van der Waals surface area contributed by atoms with Crippen molar-refractivity contribution in [2.45, 2.75) is 0 Å². The molecule has 11 rings (SSSR count). The van der Waals surface area contributed by atoms with Gasteiger partial charge in [-0.15, -0.1) is 0 Å². The third kappa shape index (κ3) is 5.93. The van der Waals surface area contributed by atoms with Crippen LogP contribution in [0.4, 0.5) is 0 Å². The molecule has 1 heterocycles. The number of hydrogen-bond donors (Lipinski definition) is 2. The van der Waals surface area contributed by atoms with E-state index in [-0.39, 0.29) is 5.84 Å². The van der Waals surface area contributed by atoms with Crippen molar-refractivity contribution in [2.75, 3.05) is 0 Å². The second-order valence-electron chi connectivity index (χ2n) is 15.3. The average Bonchev–Trinajstić information content (AvgIpc) is 3.65. The molecule has 282 valence electrons. The van der Waals surface area contributed by atoms with E-state index in [4.69, 9.17) is 11.1 Å². The van der Waals surface area contributed by atoms with Gasteiger partial charge in [-0.05, 0) is 102 Å². The summed E-state index contributed by atoms with van der Waals surface area (Å²) in [5.41, 5.74) is 18.4. The average molecular weight is 767 g/mol. The number of para-hydroxylation sites is 1. The van der Waals surface area contributed by atoms with E-state index >= 15 is 0 Å². The highest BCUT2D eigenvalue weighted by atomic mass is 15.0. The van der Waals surface area contributed by atoms with Crippen molar-refractivity contribution in [1.82, 2.24) is 4.57 Å². The molecule has 0 unspecified atom stereocenters. The minimum absolute atomic E-state index is 0.136. The fraction of sp³-hybridized carbons (Fsp3) is 0. The molecular formula is C56H38N4. The lowest BCUT2D eigenvalue weighted by Gasteiger charge is -2.16. The Hall–Kier alpha value is -8.08. The fourth-order valence-electron chi connectivity index (χ4n) is 8.98. The number of aromatic nitrogens is 1. The molecular weight excluding hydrogens is 729 g/mol. The third-order valence-electron chi connectivity index (χ3n) is 11.8. The minimum Gasteiger partial charge on any atom is -0.383 e. The standard InChI is InChI=1S/C56H38N4/c57-55(38-15-5-2-6-16-38)59-56(58)42-18-11-17-39(33-42)40-27-32-50-51(34-40)46-20-8-7-19-45(46)49-23-12-22-44(54(49)50)41-28-31-48-47-21-9-10-24-52(47)60(53(48)35-41)43-29-25-37(26-30-43)36-13-3-1-4-14-36/h1-35H,(H3,57,58,59). The summed E-state index contributed by atoms with van der Waals surface area (Å²) in [5.74, 6) is 0.448. The van der Waals surface area contributed by atoms with E-state index in [1.54, 1.807) is 0 Å². The topological polar surface area (TPSA) is 67.2 Å². The Kier molecular flexibility index (Phi) is 8.42.